The van der Waals surface area contributed by atoms with Gasteiger partial charge in [-0.3, -0.25) is 0 Å². The molecule has 3 rings (SSSR count). The largest absolute Gasteiger partial charge is 0.493 e. The number of nitrogens with zero attached hydrogens (tertiary/aromatic N) is 2. The predicted octanol–water partition coefficient (Wildman–Crippen LogP) is 3.20. The average molecular weight is 406 g/mol. The molecule has 1 unspecified atom stereocenters. The smallest absolute Gasteiger partial charge is 0.418 e. The van der Waals surface area contributed by atoms with E-state index in [4.69, 9.17) is 14.2 Å². The second kappa shape index (κ2) is 9.02. The van der Waals surface area contributed by atoms with E-state index in [0.29, 0.717) is 17.9 Å². The topological polar surface area (TPSA) is 94.6 Å². The Kier molecular flexibility index (Phi) is 6.46. The van der Waals surface area contributed by atoms with Crippen LogP contribution in [0.15, 0.2) is 18.2 Å². The lowest BCUT2D eigenvalue weighted by atomic mass is 10.0. The number of ether oxygens (including phenoxy) is 4. The van der Waals surface area contributed by atoms with E-state index in [9.17, 15) is 14.4 Å². The van der Waals surface area contributed by atoms with Gasteiger partial charge in [-0.25, -0.2) is 24.2 Å². The lowest BCUT2D eigenvalue weighted by molar-refractivity contribution is 0.121. The van der Waals surface area contributed by atoms with Crippen molar-refractivity contribution < 1.29 is 33.3 Å². The Morgan fingerprint density at radius 3 is 2.34 bits per heavy atom. The highest BCUT2D eigenvalue weighted by Gasteiger charge is 2.45. The molecule has 1 heterocycles. The van der Waals surface area contributed by atoms with E-state index >= 15 is 0 Å². The van der Waals surface area contributed by atoms with Gasteiger partial charge in [-0.05, 0) is 49.8 Å². The van der Waals surface area contributed by atoms with Gasteiger partial charge in [0.25, 0.3) is 0 Å². The number of methoxy groups -OCH3 is 3. The van der Waals surface area contributed by atoms with Crippen LogP contribution in [0.25, 0.3) is 0 Å². The van der Waals surface area contributed by atoms with Gasteiger partial charge in [0.05, 0.1) is 40.0 Å². The van der Waals surface area contributed by atoms with E-state index in [1.807, 2.05) is 12.1 Å². The molecule has 1 aromatic rings. The molecule has 9 nitrogen and oxygen atoms in total. The summed E-state index contributed by atoms with van der Waals surface area (Å²) in [4.78, 5) is 38.4. The molecule has 0 spiro atoms. The molecule has 0 radical (unpaired) electrons. The van der Waals surface area contributed by atoms with Gasteiger partial charge in [0.1, 0.15) is 0 Å². The van der Waals surface area contributed by atoms with E-state index in [2.05, 4.69) is 4.74 Å². The zero-order valence-electron chi connectivity index (χ0n) is 16.9. The first kappa shape index (κ1) is 20.8. The minimum Gasteiger partial charge on any atom is -0.493 e. The van der Waals surface area contributed by atoms with Crippen LogP contribution >= 0.6 is 0 Å². The van der Waals surface area contributed by atoms with E-state index in [1.54, 1.807) is 13.2 Å². The SMILES string of the molecule is COC(=O)N1CC(Cc2ccc(OC)c(OC3CCCC3)c2)N(C(=O)OC)C1=O. The summed E-state index contributed by atoms with van der Waals surface area (Å²) >= 11 is 0. The highest BCUT2D eigenvalue weighted by Crippen LogP contribution is 2.33. The maximum absolute atomic E-state index is 12.5. The summed E-state index contributed by atoms with van der Waals surface area (Å²) in [7, 11) is 3.95. The standard InChI is InChI=1S/C20H26N2O7/c1-26-16-9-8-13(11-17(16)29-15-6-4-5-7-15)10-14-12-21(19(24)27-2)18(23)22(14)20(25)28-3/h8-9,11,14-15H,4-7,10,12H2,1-3H3. The van der Waals surface area contributed by atoms with Crippen LogP contribution in [0.5, 0.6) is 11.5 Å². The number of rotatable bonds is 5. The van der Waals surface area contributed by atoms with Crippen LogP contribution in [0.1, 0.15) is 31.2 Å². The second-order valence-electron chi connectivity index (χ2n) is 7.07. The van der Waals surface area contributed by atoms with Crippen LogP contribution in [0.4, 0.5) is 14.4 Å². The molecular formula is C20H26N2O7. The minimum atomic E-state index is -0.817. The fourth-order valence-electron chi connectivity index (χ4n) is 3.80. The third-order valence-electron chi connectivity index (χ3n) is 5.26. The van der Waals surface area contributed by atoms with Gasteiger partial charge in [-0.1, -0.05) is 6.07 Å². The number of hydrogen-bond acceptors (Lipinski definition) is 7. The van der Waals surface area contributed by atoms with Crippen molar-refractivity contribution in [2.24, 2.45) is 0 Å². The Hall–Kier alpha value is -2.97. The van der Waals surface area contributed by atoms with Crippen molar-refractivity contribution in [1.29, 1.82) is 0 Å². The zero-order chi connectivity index (χ0) is 21.0. The molecule has 1 atom stereocenters. The number of benzene rings is 1. The normalized spacial score (nSPS) is 19.4. The number of urea groups is 1. The van der Waals surface area contributed by atoms with Crippen LogP contribution in [0.3, 0.4) is 0 Å². The molecule has 0 bridgehead atoms. The van der Waals surface area contributed by atoms with E-state index in [1.165, 1.54) is 14.2 Å². The molecule has 1 saturated heterocycles. The number of imide groups is 2. The molecule has 0 N–H and O–H groups in total. The van der Waals surface area contributed by atoms with Crippen molar-refractivity contribution in [3.05, 3.63) is 23.8 Å². The summed E-state index contributed by atoms with van der Waals surface area (Å²) in [6.45, 7) is 0.0193. The van der Waals surface area contributed by atoms with E-state index < -0.39 is 24.3 Å². The Bertz CT molecular complexity index is 776. The first-order valence-corrected chi connectivity index (χ1v) is 9.58. The van der Waals surface area contributed by atoms with Gasteiger partial charge >= 0.3 is 18.2 Å². The van der Waals surface area contributed by atoms with Crippen molar-refractivity contribution in [2.45, 2.75) is 44.2 Å². The Morgan fingerprint density at radius 1 is 1.03 bits per heavy atom. The van der Waals surface area contributed by atoms with Gasteiger partial charge in [0.2, 0.25) is 0 Å². The third-order valence-corrected chi connectivity index (χ3v) is 5.26. The lowest BCUT2D eigenvalue weighted by Gasteiger charge is -2.21. The maximum atomic E-state index is 12.5. The summed E-state index contributed by atoms with van der Waals surface area (Å²) in [6, 6.07) is 4.17. The van der Waals surface area contributed by atoms with Crippen LogP contribution in [0.2, 0.25) is 0 Å². The quantitative estimate of drug-likeness (QED) is 0.741. The molecule has 1 aromatic carbocycles. The molecule has 158 valence electrons. The second-order valence-corrected chi connectivity index (χ2v) is 7.07. The van der Waals surface area contributed by atoms with E-state index in [0.717, 1.165) is 41.0 Å². The van der Waals surface area contributed by atoms with Gasteiger partial charge < -0.3 is 18.9 Å². The molecular weight excluding hydrogens is 380 g/mol. The first-order chi connectivity index (χ1) is 14.0. The van der Waals surface area contributed by atoms with Crippen molar-refractivity contribution in [3.8, 4) is 11.5 Å². The van der Waals surface area contributed by atoms with Crippen LogP contribution in [0, 0.1) is 0 Å². The number of amides is 4. The van der Waals surface area contributed by atoms with E-state index in [-0.39, 0.29) is 12.6 Å². The molecule has 1 aliphatic carbocycles. The summed E-state index contributed by atoms with van der Waals surface area (Å²) < 4.78 is 20.9. The number of hydrogen-bond donors (Lipinski definition) is 0. The van der Waals surface area contributed by atoms with Gasteiger partial charge in [0, 0.05) is 0 Å². The molecule has 0 aromatic heterocycles. The van der Waals surface area contributed by atoms with Crippen LogP contribution < -0.4 is 9.47 Å². The highest BCUT2D eigenvalue weighted by molar-refractivity contribution is 6.00. The highest BCUT2D eigenvalue weighted by atomic mass is 16.6. The van der Waals surface area contributed by atoms with Crippen molar-refractivity contribution in [3.63, 3.8) is 0 Å². The predicted molar refractivity (Wildman–Crippen MR) is 102 cm³/mol. The summed E-state index contributed by atoms with van der Waals surface area (Å²) in [6.07, 6.45) is 3.17. The van der Waals surface area contributed by atoms with Crippen LogP contribution in [-0.4, -0.2) is 68.0 Å². The monoisotopic (exact) mass is 406 g/mol. The lowest BCUT2D eigenvalue weighted by Crippen LogP contribution is -2.41. The van der Waals surface area contributed by atoms with Gasteiger partial charge in [-0.2, -0.15) is 0 Å². The number of carbonyl (C=O) groups excluding carboxylic acids is 3. The first-order valence-electron chi connectivity index (χ1n) is 9.58. The molecule has 2 fully saturated rings. The molecule has 2 aliphatic rings. The summed E-state index contributed by atoms with van der Waals surface area (Å²) in [5.41, 5.74) is 0.845. The molecule has 29 heavy (non-hydrogen) atoms. The fraction of sp³-hybridized carbons (Fsp3) is 0.550. The van der Waals surface area contributed by atoms with Gasteiger partial charge in [0.15, 0.2) is 11.5 Å². The molecule has 9 heteroatoms. The summed E-state index contributed by atoms with van der Waals surface area (Å²) in [5, 5.41) is 0. The summed E-state index contributed by atoms with van der Waals surface area (Å²) in [5.74, 6) is 1.26. The average Bonchev–Trinajstić information content (AvgIpc) is 3.35. The van der Waals surface area contributed by atoms with Crippen LogP contribution in [-0.2, 0) is 15.9 Å². The third kappa shape index (κ3) is 4.38. The Morgan fingerprint density at radius 2 is 1.72 bits per heavy atom. The Balaban J connectivity index is 1.81. The molecule has 1 saturated carbocycles. The molecule has 1 aliphatic heterocycles. The maximum Gasteiger partial charge on any atom is 0.418 e. The zero-order valence-corrected chi connectivity index (χ0v) is 16.9. The van der Waals surface area contributed by atoms with Crippen molar-refractivity contribution in [2.75, 3.05) is 27.9 Å². The van der Waals surface area contributed by atoms with Crippen molar-refractivity contribution in [1.82, 2.24) is 9.80 Å². The number of carbonyl (C=O) groups is 3. The van der Waals surface area contributed by atoms with Gasteiger partial charge in [-0.15, -0.1) is 0 Å². The fourth-order valence-corrected chi connectivity index (χ4v) is 3.80. The minimum absolute atomic E-state index is 0.0193. The Labute approximate surface area is 169 Å². The van der Waals surface area contributed by atoms with Crippen molar-refractivity contribution >= 4 is 18.2 Å². The molecule has 4 amide bonds.